The molecular formula is C16H20N4O. The van der Waals surface area contributed by atoms with Gasteiger partial charge in [0.25, 0.3) is 0 Å². The molecule has 1 aliphatic heterocycles. The molecule has 5 nitrogen and oxygen atoms in total. The topological polar surface area (TPSA) is 54.2 Å². The van der Waals surface area contributed by atoms with Gasteiger partial charge in [-0.3, -0.25) is 4.90 Å². The second-order valence-electron chi connectivity index (χ2n) is 5.98. The molecule has 4 rings (SSSR count). The minimum Gasteiger partial charge on any atom is -0.339 e. The average Bonchev–Trinajstić information content (AvgIpc) is 3.14. The van der Waals surface area contributed by atoms with Crippen LogP contribution in [0, 0.1) is 0 Å². The minimum atomic E-state index is 0.216. The molecule has 2 aliphatic rings. The summed E-state index contributed by atoms with van der Waals surface area (Å²) in [6.45, 7) is 2.92. The van der Waals surface area contributed by atoms with Gasteiger partial charge in [-0.25, -0.2) is 0 Å². The van der Waals surface area contributed by atoms with E-state index < -0.39 is 0 Å². The first-order valence-corrected chi connectivity index (χ1v) is 7.65. The molecule has 5 heteroatoms. The zero-order valence-electron chi connectivity index (χ0n) is 12.2. The van der Waals surface area contributed by atoms with E-state index in [0.29, 0.717) is 0 Å². The van der Waals surface area contributed by atoms with Gasteiger partial charge in [-0.2, -0.15) is 4.98 Å². The van der Waals surface area contributed by atoms with Gasteiger partial charge < -0.3 is 9.84 Å². The van der Waals surface area contributed by atoms with Crippen molar-refractivity contribution in [2.24, 2.45) is 0 Å². The van der Waals surface area contributed by atoms with Crippen molar-refractivity contribution in [1.82, 2.24) is 20.4 Å². The molecule has 0 radical (unpaired) electrons. The van der Waals surface area contributed by atoms with Crippen LogP contribution >= 0.6 is 0 Å². The van der Waals surface area contributed by atoms with Crippen LogP contribution in [0.5, 0.6) is 0 Å². The quantitative estimate of drug-likeness (QED) is 0.910. The number of benzene rings is 1. The van der Waals surface area contributed by atoms with Gasteiger partial charge >= 0.3 is 0 Å². The Bertz CT molecular complexity index is 639. The first kappa shape index (κ1) is 13.0. The predicted octanol–water partition coefficient (Wildman–Crippen LogP) is 1.72. The number of rotatable bonds is 2. The molecule has 2 aromatic rings. The van der Waals surface area contributed by atoms with E-state index >= 15 is 0 Å². The van der Waals surface area contributed by atoms with Crippen LogP contribution < -0.4 is 5.32 Å². The SMILES string of the molecule is CN1CCNCC1c1noc(C2CCc3ccccc32)n1. The van der Waals surface area contributed by atoms with Crippen molar-refractivity contribution in [3.8, 4) is 0 Å². The molecule has 0 amide bonds. The Kier molecular flexibility index (Phi) is 3.24. The van der Waals surface area contributed by atoms with Gasteiger partial charge in [0, 0.05) is 19.6 Å². The lowest BCUT2D eigenvalue weighted by atomic mass is 10.0. The Balaban J connectivity index is 1.61. The van der Waals surface area contributed by atoms with Gasteiger partial charge in [0.1, 0.15) is 0 Å². The molecule has 2 unspecified atom stereocenters. The molecule has 1 aromatic carbocycles. The molecule has 1 saturated heterocycles. The fourth-order valence-corrected chi connectivity index (χ4v) is 3.43. The molecule has 0 saturated carbocycles. The molecule has 0 bridgehead atoms. The molecule has 0 spiro atoms. The molecule has 2 heterocycles. The zero-order valence-corrected chi connectivity index (χ0v) is 12.2. The van der Waals surface area contributed by atoms with Crippen molar-refractivity contribution in [3.63, 3.8) is 0 Å². The van der Waals surface area contributed by atoms with Crippen LogP contribution in [0.4, 0.5) is 0 Å². The first-order valence-electron chi connectivity index (χ1n) is 7.65. The lowest BCUT2D eigenvalue weighted by molar-refractivity contribution is 0.190. The van der Waals surface area contributed by atoms with Gasteiger partial charge in [0.05, 0.1) is 12.0 Å². The van der Waals surface area contributed by atoms with Crippen molar-refractivity contribution in [3.05, 3.63) is 47.1 Å². The Labute approximate surface area is 124 Å². The smallest absolute Gasteiger partial charge is 0.234 e. The molecule has 1 aromatic heterocycles. The first-order chi connectivity index (χ1) is 10.3. The van der Waals surface area contributed by atoms with E-state index in [9.17, 15) is 0 Å². The minimum absolute atomic E-state index is 0.216. The van der Waals surface area contributed by atoms with Gasteiger partial charge in [-0.05, 0) is 31.0 Å². The Morgan fingerprint density at radius 1 is 1.33 bits per heavy atom. The van der Waals surface area contributed by atoms with Crippen molar-refractivity contribution in [1.29, 1.82) is 0 Å². The predicted molar refractivity (Wildman–Crippen MR) is 79.1 cm³/mol. The fraction of sp³-hybridized carbons (Fsp3) is 0.500. The van der Waals surface area contributed by atoms with Crippen molar-refractivity contribution >= 4 is 0 Å². The number of hydrogen-bond donors (Lipinski definition) is 1. The van der Waals surface area contributed by atoms with E-state index in [2.05, 4.69) is 46.7 Å². The summed E-state index contributed by atoms with van der Waals surface area (Å²) in [7, 11) is 2.12. The van der Waals surface area contributed by atoms with Crippen LogP contribution in [-0.2, 0) is 6.42 Å². The molecular weight excluding hydrogens is 264 g/mol. The number of piperazine rings is 1. The molecule has 2 atom stereocenters. The van der Waals surface area contributed by atoms with Crippen molar-refractivity contribution in [2.45, 2.75) is 24.8 Å². The molecule has 21 heavy (non-hydrogen) atoms. The van der Waals surface area contributed by atoms with Crippen molar-refractivity contribution in [2.75, 3.05) is 26.7 Å². The number of likely N-dealkylation sites (N-methyl/N-ethyl adjacent to an activating group) is 1. The van der Waals surface area contributed by atoms with E-state index in [1.807, 2.05) is 0 Å². The maximum absolute atomic E-state index is 5.59. The highest BCUT2D eigenvalue weighted by Crippen LogP contribution is 2.37. The Hall–Kier alpha value is -1.72. The van der Waals surface area contributed by atoms with Crippen LogP contribution in [-0.4, -0.2) is 41.7 Å². The largest absolute Gasteiger partial charge is 0.339 e. The average molecular weight is 284 g/mol. The highest BCUT2D eigenvalue weighted by Gasteiger charge is 2.31. The summed E-state index contributed by atoms with van der Waals surface area (Å²) in [5.41, 5.74) is 2.77. The van der Waals surface area contributed by atoms with Gasteiger partial charge in [0.15, 0.2) is 5.82 Å². The number of nitrogens with zero attached hydrogens (tertiary/aromatic N) is 3. The molecule has 1 fully saturated rings. The molecule has 110 valence electrons. The second kappa shape index (κ2) is 5.24. The third-order valence-electron chi connectivity index (χ3n) is 4.70. The van der Waals surface area contributed by atoms with Crippen LogP contribution in [0.2, 0.25) is 0 Å². The lowest BCUT2D eigenvalue weighted by Crippen LogP contribution is -2.44. The van der Waals surface area contributed by atoms with E-state index in [4.69, 9.17) is 9.51 Å². The van der Waals surface area contributed by atoms with E-state index in [-0.39, 0.29) is 12.0 Å². The Morgan fingerprint density at radius 3 is 3.14 bits per heavy atom. The number of aromatic nitrogens is 2. The Morgan fingerprint density at radius 2 is 2.24 bits per heavy atom. The standard InChI is InChI=1S/C16H20N4O/c1-20-9-8-17-10-14(20)15-18-16(21-19-15)13-7-6-11-4-2-3-5-12(11)13/h2-5,13-14,17H,6-10H2,1H3. The molecule has 1 aliphatic carbocycles. The van der Waals surface area contributed by atoms with Crippen LogP contribution in [0.1, 0.15) is 41.2 Å². The monoisotopic (exact) mass is 284 g/mol. The fourth-order valence-electron chi connectivity index (χ4n) is 3.43. The van der Waals surface area contributed by atoms with Gasteiger partial charge in [0.2, 0.25) is 5.89 Å². The highest BCUT2D eigenvalue weighted by molar-refractivity contribution is 5.38. The zero-order chi connectivity index (χ0) is 14.2. The van der Waals surface area contributed by atoms with Crippen LogP contribution in [0.15, 0.2) is 28.8 Å². The second-order valence-corrected chi connectivity index (χ2v) is 5.98. The van der Waals surface area contributed by atoms with E-state index in [0.717, 1.165) is 44.2 Å². The van der Waals surface area contributed by atoms with E-state index in [1.54, 1.807) is 0 Å². The maximum atomic E-state index is 5.59. The summed E-state index contributed by atoms with van der Waals surface area (Å²) < 4.78 is 5.59. The van der Waals surface area contributed by atoms with Crippen LogP contribution in [0.3, 0.4) is 0 Å². The number of fused-ring (bicyclic) bond motifs is 1. The summed E-state index contributed by atoms with van der Waals surface area (Å²) in [5.74, 6) is 1.85. The summed E-state index contributed by atoms with van der Waals surface area (Å²) in [5, 5.41) is 7.63. The summed E-state index contributed by atoms with van der Waals surface area (Å²) in [4.78, 5) is 6.99. The van der Waals surface area contributed by atoms with Crippen LogP contribution in [0.25, 0.3) is 0 Å². The van der Waals surface area contributed by atoms with Crippen molar-refractivity contribution < 1.29 is 4.52 Å². The lowest BCUT2D eigenvalue weighted by Gasteiger charge is -2.30. The number of hydrogen-bond acceptors (Lipinski definition) is 5. The summed E-state index contributed by atoms with van der Waals surface area (Å²) >= 11 is 0. The highest BCUT2D eigenvalue weighted by atomic mass is 16.5. The van der Waals surface area contributed by atoms with Gasteiger partial charge in [-0.1, -0.05) is 29.4 Å². The maximum Gasteiger partial charge on any atom is 0.234 e. The third-order valence-corrected chi connectivity index (χ3v) is 4.70. The summed E-state index contributed by atoms with van der Waals surface area (Å²) in [6.07, 6.45) is 2.17. The molecule has 1 N–H and O–H groups in total. The third kappa shape index (κ3) is 2.26. The normalized spacial score (nSPS) is 26.0. The number of aryl methyl sites for hydroxylation is 1. The van der Waals surface area contributed by atoms with Gasteiger partial charge in [-0.15, -0.1) is 0 Å². The summed E-state index contributed by atoms with van der Waals surface area (Å²) in [6, 6.07) is 8.79. The van der Waals surface area contributed by atoms with E-state index in [1.165, 1.54) is 11.1 Å². The number of nitrogens with one attached hydrogen (secondary N) is 1.